The maximum absolute atomic E-state index is 11.0. The van der Waals surface area contributed by atoms with Gasteiger partial charge in [-0.2, -0.15) is 0 Å². The highest BCUT2D eigenvalue weighted by atomic mass is 16.3. The number of hydrogen-bond acceptors (Lipinski definition) is 1. The van der Waals surface area contributed by atoms with Gasteiger partial charge in [0.25, 0.3) is 0 Å². The molecule has 4 fully saturated rings. The molecule has 4 aliphatic carbocycles. The maximum Gasteiger partial charge on any atom is 0.0577 e. The predicted octanol–water partition coefficient (Wildman–Crippen LogP) is 7.08. The van der Waals surface area contributed by atoms with Crippen LogP contribution in [-0.4, -0.2) is 11.2 Å². The van der Waals surface area contributed by atoms with Crippen molar-refractivity contribution in [1.29, 1.82) is 0 Å². The molecule has 148 valence electrons. The fourth-order valence-corrected chi connectivity index (χ4v) is 7.52. The summed E-state index contributed by atoms with van der Waals surface area (Å²) in [7, 11) is 0. The molecular weight excluding hydrogens is 304 g/mol. The topological polar surface area (TPSA) is 20.2 Å². The van der Waals surface area contributed by atoms with Crippen LogP contribution in [0.3, 0.4) is 0 Å². The molecule has 0 bridgehead atoms. The third-order valence-electron chi connectivity index (χ3n) is 9.07. The highest BCUT2D eigenvalue weighted by Crippen LogP contribution is 2.67. The second kappa shape index (κ2) is 8.32. The number of rotatable bonds is 0. The zero-order chi connectivity index (χ0) is 18.8. The van der Waals surface area contributed by atoms with Crippen molar-refractivity contribution < 1.29 is 5.11 Å². The van der Waals surface area contributed by atoms with Gasteiger partial charge in [-0.25, -0.2) is 0 Å². The molecule has 0 aromatic heterocycles. The minimum absolute atomic E-state index is 0.00102. The summed E-state index contributed by atoms with van der Waals surface area (Å²) in [5, 5.41) is 11.0. The Bertz CT molecular complexity index is 418. The Labute approximate surface area is 158 Å². The third-order valence-corrected chi connectivity index (χ3v) is 9.07. The van der Waals surface area contributed by atoms with E-state index in [0.29, 0.717) is 16.7 Å². The van der Waals surface area contributed by atoms with Crippen LogP contribution in [0.25, 0.3) is 0 Å². The summed E-state index contributed by atoms with van der Waals surface area (Å²) >= 11 is 0. The van der Waals surface area contributed by atoms with Gasteiger partial charge in [0.2, 0.25) is 0 Å². The van der Waals surface area contributed by atoms with Gasteiger partial charge in [0.1, 0.15) is 0 Å². The number of hydrogen-bond donors (Lipinski definition) is 1. The van der Waals surface area contributed by atoms with Crippen LogP contribution in [0.2, 0.25) is 0 Å². The Morgan fingerprint density at radius 3 is 2.08 bits per heavy atom. The molecular formula is C24H46O. The number of aliphatic hydroxyl groups is 1. The Hall–Kier alpha value is -0.0400. The zero-order valence-electron chi connectivity index (χ0n) is 18.3. The quantitative estimate of drug-likeness (QED) is 0.495. The molecule has 0 saturated heterocycles. The van der Waals surface area contributed by atoms with Crippen LogP contribution >= 0.6 is 0 Å². The van der Waals surface area contributed by atoms with E-state index in [0.717, 1.165) is 30.1 Å². The zero-order valence-corrected chi connectivity index (χ0v) is 18.3. The molecule has 0 spiro atoms. The molecule has 0 amide bonds. The molecule has 1 nitrogen and oxygen atoms in total. The van der Waals surface area contributed by atoms with E-state index in [-0.39, 0.29) is 6.10 Å². The van der Waals surface area contributed by atoms with E-state index < -0.39 is 0 Å². The van der Waals surface area contributed by atoms with Crippen molar-refractivity contribution in [2.45, 2.75) is 112 Å². The average Bonchev–Trinajstić information content (AvgIpc) is 2.94. The van der Waals surface area contributed by atoms with Gasteiger partial charge in [0.15, 0.2) is 0 Å². The van der Waals surface area contributed by atoms with Crippen molar-refractivity contribution in [3.8, 4) is 0 Å². The van der Waals surface area contributed by atoms with Gasteiger partial charge < -0.3 is 5.11 Å². The van der Waals surface area contributed by atoms with Crippen LogP contribution in [0, 0.1) is 40.4 Å². The summed E-state index contributed by atoms with van der Waals surface area (Å²) in [5.74, 6) is 3.92. The molecule has 0 heterocycles. The lowest BCUT2D eigenvalue weighted by molar-refractivity contribution is -0.161. The molecule has 1 heteroatoms. The highest BCUT2D eigenvalue weighted by molar-refractivity contribution is 5.10. The molecule has 1 N–H and O–H groups in total. The molecule has 0 aliphatic heterocycles. The minimum Gasteiger partial charge on any atom is -0.393 e. The van der Waals surface area contributed by atoms with Gasteiger partial charge in [0, 0.05) is 0 Å². The summed E-state index contributed by atoms with van der Waals surface area (Å²) in [6.45, 7) is 15.6. The summed E-state index contributed by atoms with van der Waals surface area (Å²) in [5.41, 5.74) is 1.08. The van der Waals surface area contributed by atoms with Crippen molar-refractivity contribution in [1.82, 2.24) is 0 Å². The first-order valence-electron chi connectivity index (χ1n) is 11.6. The van der Waals surface area contributed by atoms with Crippen molar-refractivity contribution >= 4 is 0 Å². The van der Waals surface area contributed by atoms with Crippen molar-refractivity contribution in [2.24, 2.45) is 40.4 Å². The van der Waals surface area contributed by atoms with Gasteiger partial charge in [-0.15, -0.1) is 0 Å². The van der Waals surface area contributed by atoms with Gasteiger partial charge in [-0.1, -0.05) is 61.3 Å². The van der Waals surface area contributed by atoms with Gasteiger partial charge >= 0.3 is 0 Å². The summed E-state index contributed by atoms with van der Waals surface area (Å²) in [6.07, 6.45) is 12.4. The summed E-state index contributed by atoms with van der Waals surface area (Å²) < 4.78 is 0. The fraction of sp³-hybridized carbons (Fsp3) is 1.00. The van der Waals surface area contributed by atoms with Crippen LogP contribution < -0.4 is 0 Å². The van der Waals surface area contributed by atoms with Crippen molar-refractivity contribution in [3.05, 3.63) is 0 Å². The van der Waals surface area contributed by atoms with Crippen LogP contribution in [0.15, 0.2) is 0 Å². The number of aliphatic hydroxyl groups excluding tert-OH is 1. The fourth-order valence-electron chi connectivity index (χ4n) is 7.52. The van der Waals surface area contributed by atoms with Crippen LogP contribution in [0.1, 0.15) is 106 Å². The van der Waals surface area contributed by atoms with E-state index in [9.17, 15) is 5.11 Å². The Balaban J connectivity index is 0.000000528. The summed E-state index contributed by atoms with van der Waals surface area (Å²) in [4.78, 5) is 0. The van der Waals surface area contributed by atoms with E-state index >= 15 is 0 Å². The van der Waals surface area contributed by atoms with E-state index in [1.54, 1.807) is 0 Å². The SMILES string of the molecule is CC.CC.C[C@H]1CCC2C3C(CC[C@@]21C)[C@@]1(C)CCCCC1C[C@@H]3O. The average molecular weight is 351 g/mol. The molecule has 25 heavy (non-hydrogen) atoms. The predicted molar refractivity (Wildman–Crippen MR) is 110 cm³/mol. The molecule has 0 aromatic rings. The molecule has 4 saturated carbocycles. The molecule has 0 aromatic carbocycles. The monoisotopic (exact) mass is 350 g/mol. The summed E-state index contributed by atoms with van der Waals surface area (Å²) in [6, 6.07) is 0. The lowest BCUT2D eigenvalue weighted by Crippen LogP contribution is -2.57. The molecule has 8 atom stereocenters. The molecule has 4 rings (SSSR count). The molecule has 4 aliphatic rings. The normalized spacial score (nSPS) is 50.9. The second-order valence-electron chi connectivity index (χ2n) is 9.56. The Morgan fingerprint density at radius 2 is 1.40 bits per heavy atom. The minimum atomic E-state index is 0.00102. The maximum atomic E-state index is 11.0. The van der Waals surface area contributed by atoms with E-state index in [4.69, 9.17) is 0 Å². The smallest absolute Gasteiger partial charge is 0.0577 e. The molecule has 4 unspecified atom stereocenters. The first-order chi connectivity index (χ1) is 12.0. The van der Waals surface area contributed by atoms with Crippen molar-refractivity contribution in [2.75, 3.05) is 0 Å². The van der Waals surface area contributed by atoms with Crippen LogP contribution in [-0.2, 0) is 0 Å². The van der Waals surface area contributed by atoms with Crippen LogP contribution in [0.4, 0.5) is 0 Å². The first kappa shape index (κ1) is 21.3. The van der Waals surface area contributed by atoms with E-state index in [1.165, 1.54) is 51.4 Å². The largest absolute Gasteiger partial charge is 0.393 e. The van der Waals surface area contributed by atoms with Crippen molar-refractivity contribution in [3.63, 3.8) is 0 Å². The third kappa shape index (κ3) is 3.32. The van der Waals surface area contributed by atoms with Gasteiger partial charge in [-0.05, 0) is 85.4 Å². The number of fused-ring (bicyclic) bond motifs is 5. The standard InChI is InChI=1S/C20H34O.2C2H6/c1-13-7-8-15-18-16(9-11-19(13,15)2)20(3)10-5-4-6-14(20)12-17(18)21;2*1-2/h13-18,21H,4-12H2,1-3H3;2*1-2H3/t13-,14?,15?,16?,17-,18?,19+,20-;;/m0../s1. The first-order valence-corrected chi connectivity index (χ1v) is 11.6. The van der Waals surface area contributed by atoms with Gasteiger partial charge in [0.05, 0.1) is 6.10 Å². The highest BCUT2D eigenvalue weighted by Gasteiger charge is 2.61. The molecule has 0 radical (unpaired) electrons. The van der Waals surface area contributed by atoms with Crippen LogP contribution in [0.5, 0.6) is 0 Å². The second-order valence-corrected chi connectivity index (χ2v) is 9.56. The Morgan fingerprint density at radius 1 is 0.760 bits per heavy atom. The Kier molecular flexibility index (Phi) is 7.08. The lowest BCUT2D eigenvalue weighted by atomic mass is 9.44. The van der Waals surface area contributed by atoms with E-state index in [2.05, 4.69) is 20.8 Å². The van der Waals surface area contributed by atoms with Gasteiger partial charge in [-0.3, -0.25) is 0 Å². The lowest BCUT2D eigenvalue weighted by Gasteiger charge is -2.61. The van der Waals surface area contributed by atoms with E-state index in [1.807, 2.05) is 27.7 Å².